The molecule has 0 saturated carbocycles. The van der Waals surface area contributed by atoms with Crippen molar-refractivity contribution < 1.29 is 27.8 Å². The molecule has 0 bridgehead atoms. The fourth-order valence-electron chi connectivity index (χ4n) is 1.99. The van der Waals surface area contributed by atoms with Crippen molar-refractivity contribution >= 4 is 5.95 Å². The monoisotopic (exact) mass is 307 g/mol. The molecule has 2 N–H and O–H groups in total. The Hall–Kier alpha value is -1.61. The number of aliphatic hydroxyl groups is 1. The van der Waals surface area contributed by atoms with Gasteiger partial charge in [0, 0.05) is 6.07 Å². The van der Waals surface area contributed by atoms with Crippen LogP contribution in [0.3, 0.4) is 0 Å². The van der Waals surface area contributed by atoms with Crippen LogP contribution in [0.4, 0.5) is 19.1 Å². The molecule has 2 rings (SSSR count). The molecule has 21 heavy (non-hydrogen) atoms. The first-order chi connectivity index (χ1) is 9.92. The van der Waals surface area contributed by atoms with Crippen LogP contribution >= 0.6 is 0 Å². The standard InChI is InChI=1S/C12H16F3N3O3/c1-20-10-4-9(12(13,14)15)17-11(18-10)16-7-2-3-8(5-19)21-6-7/h4,7-8,19H,2-3,5-6H2,1H3,(H,16,17,18). The van der Waals surface area contributed by atoms with E-state index in [2.05, 4.69) is 15.3 Å². The highest BCUT2D eigenvalue weighted by atomic mass is 19.4. The van der Waals surface area contributed by atoms with Gasteiger partial charge < -0.3 is 19.9 Å². The van der Waals surface area contributed by atoms with Crippen molar-refractivity contribution in [2.75, 3.05) is 25.6 Å². The van der Waals surface area contributed by atoms with Crippen molar-refractivity contribution in [1.29, 1.82) is 0 Å². The molecule has 2 unspecified atom stereocenters. The highest BCUT2D eigenvalue weighted by Crippen LogP contribution is 2.30. The lowest BCUT2D eigenvalue weighted by Gasteiger charge is -2.28. The minimum atomic E-state index is -4.57. The van der Waals surface area contributed by atoms with Crippen molar-refractivity contribution in [3.05, 3.63) is 11.8 Å². The predicted molar refractivity (Wildman–Crippen MR) is 67.1 cm³/mol. The second-order valence-electron chi connectivity index (χ2n) is 4.67. The average Bonchev–Trinajstić information content (AvgIpc) is 2.46. The lowest BCUT2D eigenvalue weighted by molar-refractivity contribution is -0.141. The summed E-state index contributed by atoms with van der Waals surface area (Å²) in [6, 6.07) is 0.533. The van der Waals surface area contributed by atoms with Gasteiger partial charge in [0.2, 0.25) is 11.8 Å². The number of halogens is 3. The van der Waals surface area contributed by atoms with Gasteiger partial charge in [-0.3, -0.25) is 0 Å². The zero-order chi connectivity index (χ0) is 15.5. The molecule has 1 aromatic heterocycles. The number of aliphatic hydroxyl groups excluding tert-OH is 1. The Kier molecular flexibility index (Phi) is 4.84. The van der Waals surface area contributed by atoms with Crippen LogP contribution in [-0.2, 0) is 10.9 Å². The lowest BCUT2D eigenvalue weighted by Crippen LogP contribution is -2.36. The van der Waals surface area contributed by atoms with Gasteiger partial charge in [-0.1, -0.05) is 0 Å². The number of alkyl halides is 3. The van der Waals surface area contributed by atoms with E-state index in [9.17, 15) is 13.2 Å². The number of rotatable bonds is 4. The Bertz CT molecular complexity index is 477. The van der Waals surface area contributed by atoms with E-state index in [0.717, 1.165) is 6.07 Å². The molecule has 0 aliphatic carbocycles. The fourth-order valence-corrected chi connectivity index (χ4v) is 1.99. The van der Waals surface area contributed by atoms with Crippen LogP contribution in [0.25, 0.3) is 0 Å². The molecule has 9 heteroatoms. The van der Waals surface area contributed by atoms with Crippen molar-refractivity contribution in [3.63, 3.8) is 0 Å². The molecule has 6 nitrogen and oxygen atoms in total. The van der Waals surface area contributed by atoms with Gasteiger partial charge in [-0.2, -0.15) is 18.2 Å². The summed E-state index contributed by atoms with van der Waals surface area (Å²) in [6.45, 7) is 0.202. The van der Waals surface area contributed by atoms with Crippen LogP contribution < -0.4 is 10.1 Å². The van der Waals surface area contributed by atoms with Crippen molar-refractivity contribution in [3.8, 4) is 5.88 Å². The Labute approximate surface area is 119 Å². The summed E-state index contributed by atoms with van der Waals surface area (Å²) in [4.78, 5) is 7.30. The summed E-state index contributed by atoms with van der Waals surface area (Å²) < 4.78 is 48.3. The zero-order valence-electron chi connectivity index (χ0n) is 11.4. The van der Waals surface area contributed by atoms with E-state index in [0.29, 0.717) is 12.8 Å². The van der Waals surface area contributed by atoms with Crippen LogP contribution in [0, 0.1) is 0 Å². The lowest BCUT2D eigenvalue weighted by atomic mass is 10.1. The average molecular weight is 307 g/mol. The third-order valence-electron chi connectivity index (χ3n) is 3.11. The molecule has 118 valence electrons. The van der Waals surface area contributed by atoms with Crippen LogP contribution in [-0.4, -0.2) is 47.5 Å². The van der Waals surface area contributed by atoms with Gasteiger partial charge in [0.1, 0.15) is 0 Å². The number of hydrogen-bond acceptors (Lipinski definition) is 6. The van der Waals surface area contributed by atoms with E-state index in [1.165, 1.54) is 7.11 Å². The van der Waals surface area contributed by atoms with Gasteiger partial charge in [-0.05, 0) is 12.8 Å². The molecule has 0 radical (unpaired) electrons. The summed E-state index contributed by atoms with van der Waals surface area (Å²) in [5.74, 6) is -0.317. The number of anilines is 1. The number of aromatic nitrogens is 2. The minimum absolute atomic E-state index is 0.0688. The van der Waals surface area contributed by atoms with Gasteiger partial charge in [0.05, 0.1) is 32.5 Å². The maximum absolute atomic E-state index is 12.7. The summed E-state index contributed by atoms with van der Waals surface area (Å²) in [5, 5.41) is 11.8. The molecule has 1 aliphatic rings. The Balaban J connectivity index is 2.09. The third kappa shape index (κ3) is 4.18. The smallest absolute Gasteiger partial charge is 0.433 e. The Morgan fingerprint density at radius 2 is 2.19 bits per heavy atom. The SMILES string of the molecule is COc1cc(C(F)(F)F)nc(NC2CCC(CO)OC2)n1. The molecular formula is C12H16F3N3O3. The van der Waals surface area contributed by atoms with E-state index in [4.69, 9.17) is 14.6 Å². The molecular weight excluding hydrogens is 291 g/mol. The Morgan fingerprint density at radius 1 is 1.43 bits per heavy atom. The first kappa shape index (κ1) is 15.8. The molecule has 2 atom stereocenters. The molecule has 1 fully saturated rings. The summed E-state index contributed by atoms with van der Waals surface area (Å²) in [6.07, 6.45) is -3.53. The molecule has 2 heterocycles. The van der Waals surface area contributed by atoms with Crippen molar-refractivity contribution in [2.45, 2.75) is 31.2 Å². The van der Waals surface area contributed by atoms with Crippen LogP contribution in [0.1, 0.15) is 18.5 Å². The van der Waals surface area contributed by atoms with Gasteiger partial charge >= 0.3 is 6.18 Å². The third-order valence-corrected chi connectivity index (χ3v) is 3.11. The highest BCUT2D eigenvalue weighted by Gasteiger charge is 2.34. The van der Waals surface area contributed by atoms with E-state index >= 15 is 0 Å². The fraction of sp³-hybridized carbons (Fsp3) is 0.667. The van der Waals surface area contributed by atoms with E-state index in [-0.39, 0.29) is 37.2 Å². The molecule has 1 aromatic rings. The van der Waals surface area contributed by atoms with Gasteiger partial charge in [0.15, 0.2) is 5.69 Å². The van der Waals surface area contributed by atoms with Crippen LogP contribution in [0.5, 0.6) is 5.88 Å². The first-order valence-electron chi connectivity index (χ1n) is 6.41. The van der Waals surface area contributed by atoms with Crippen LogP contribution in [0.2, 0.25) is 0 Å². The molecule has 1 saturated heterocycles. The quantitative estimate of drug-likeness (QED) is 0.877. The Morgan fingerprint density at radius 3 is 2.71 bits per heavy atom. The molecule has 0 amide bonds. The maximum Gasteiger partial charge on any atom is 0.433 e. The normalized spacial score (nSPS) is 22.9. The molecule has 1 aliphatic heterocycles. The van der Waals surface area contributed by atoms with E-state index < -0.39 is 11.9 Å². The van der Waals surface area contributed by atoms with Gasteiger partial charge in [-0.25, -0.2) is 4.98 Å². The maximum atomic E-state index is 12.7. The largest absolute Gasteiger partial charge is 0.481 e. The number of methoxy groups -OCH3 is 1. The number of nitrogens with one attached hydrogen (secondary N) is 1. The predicted octanol–water partition coefficient (Wildman–Crippen LogP) is 1.46. The second kappa shape index (κ2) is 6.44. The number of hydrogen-bond donors (Lipinski definition) is 2. The molecule has 0 aromatic carbocycles. The van der Waals surface area contributed by atoms with Crippen molar-refractivity contribution in [2.24, 2.45) is 0 Å². The van der Waals surface area contributed by atoms with Gasteiger partial charge in [-0.15, -0.1) is 0 Å². The summed E-state index contributed by atoms with van der Waals surface area (Å²) in [5.41, 5.74) is -1.07. The number of nitrogens with zero attached hydrogens (tertiary/aromatic N) is 2. The summed E-state index contributed by atoms with van der Waals surface area (Å²) >= 11 is 0. The van der Waals surface area contributed by atoms with Crippen molar-refractivity contribution in [1.82, 2.24) is 9.97 Å². The van der Waals surface area contributed by atoms with E-state index in [1.807, 2.05) is 0 Å². The first-order valence-corrected chi connectivity index (χ1v) is 6.41. The number of ether oxygens (including phenoxy) is 2. The zero-order valence-corrected chi connectivity index (χ0v) is 11.4. The summed E-state index contributed by atoms with van der Waals surface area (Å²) in [7, 11) is 1.24. The topological polar surface area (TPSA) is 76.5 Å². The van der Waals surface area contributed by atoms with Gasteiger partial charge in [0.25, 0.3) is 0 Å². The molecule has 0 spiro atoms. The van der Waals surface area contributed by atoms with E-state index in [1.54, 1.807) is 0 Å². The minimum Gasteiger partial charge on any atom is -0.481 e. The highest BCUT2D eigenvalue weighted by molar-refractivity contribution is 5.33. The second-order valence-corrected chi connectivity index (χ2v) is 4.67. The van der Waals surface area contributed by atoms with Crippen LogP contribution in [0.15, 0.2) is 6.07 Å².